The molecule has 0 aliphatic carbocycles. The Morgan fingerprint density at radius 3 is 2.32 bits per heavy atom. The summed E-state index contributed by atoms with van der Waals surface area (Å²) >= 11 is 0. The van der Waals surface area contributed by atoms with E-state index < -0.39 is 0 Å². The van der Waals surface area contributed by atoms with Crippen molar-refractivity contribution in [3.05, 3.63) is 89.0 Å². The minimum atomic E-state index is 0.179. The average molecular weight is 413 g/mol. The Bertz CT molecular complexity index is 1140. The second-order valence-electron chi connectivity index (χ2n) is 8.76. The first-order valence-electron chi connectivity index (χ1n) is 11.2. The normalized spacial score (nSPS) is 12.4. The van der Waals surface area contributed by atoms with Gasteiger partial charge in [-0.2, -0.15) is 0 Å². The smallest absolute Gasteiger partial charge is 0.115 e. The highest BCUT2D eigenvalue weighted by molar-refractivity contribution is 5.91. The first-order valence-corrected chi connectivity index (χ1v) is 11.2. The molecule has 3 nitrogen and oxygen atoms in total. The molecule has 0 aliphatic heterocycles. The number of hydrogen-bond acceptors (Lipinski definition) is 2. The Morgan fingerprint density at radius 2 is 1.58 bits per heavy atom. The monoisotopic (exact) mass is 412 g/mol. The zero-order valence-corrected chi connectivity index (χ0v) is 18.5. The van der Waals surface area contributed by atoms with Crippen LogP contribution in [0.25, 0.3) is 22.2 Å². The van der Waals surface area contributed by atoms with Crippen molar-refractivity contribution in [1.82, 2.24) is 4.98 Å². The van der Waals surface area contributed by atoms with E-state index in [0.29, 0.717) is 5.75 Å². The first-order chi connectivity index (χ1) is 15.0. The molecule has 0 saturated carbocycles. The number of para-hydroxylation sites is 1. The van der Waals surface area contributed by atoms with Crippen LogP contribution in [0, 0.1) is 13.8 Å². The molecule has 3 heteroatoms. The van der Waals surface area contributed by atoms with Crippen molar-refractivity contribution >= 4 is 10.9 Å². The van der Waals surface area contributed by atoms with E-state index in [4.69, 9.17) is 5.73 Å². The zero-order chi connectivity index (χ0) is 21.8. The number of phenols is 1. The molecule has 0 spiro atoms. The zero-order valence-electron chi connectivity index (χ0n) is 18.5. The standard InChI is InChI=1S/C28H32N2O/c1-19-16-20(2)18-22(17-19)28-26(25-8-3-4-9-27(25)30-28)15-12-23(29)7-5-6-21-10-13-24(31)14-11-21/h3-4,8-11,13-14,16-18,23,30-31H,5-7,12,15,29H2,1-2H3. The summed E-state index contributed by atoms with van der Waals surface area (Å²) in [7, 11) is 0. The van der Waals surface area contributed by atoms with Gasteiger partial charge in [-0.25, -0.2) is 0 Å². The van der Waals surface area contributed by atoms with Crippen LogP contribution in [-0.4, -0.2) is 16.1 Å². The minimum Gasteiger partial charge on any atom is -0.508 e. The van der Waals surface area contributed by atoms with Gasteiger partial charge in [0, 0.05) is 22.6 Å². The number of aryl methyl sites for hydroxylation is 4. The minimum absolute atomic E-state index is 0.179. The van der Waals surface area contributed by atoms with E-state index in [1.807, 2.05) is 12.1 Å². The van der Waals surface area contributed by atoms with Crippen LogP contribution in [0.5, 0.6) is 5.75 Å². The van der Waals surface area contributed by atoms with Crippen LogP contribution in [0.1, 0.15) is 41.5 Å². The van der Waals surface area contributed by atoms with Crippen molar-refractivity contribution in [1.29, 1.82) is 0 Å². The Morgan fingerprint density at radius 1 is 0.871 bits per heavy atom. The van der Waals surface area contributed by atoms with Crippen molar-refractivity contribution in [2.24, 2.45) is 5.73 Å². The van der Waals surface area contributed by atoms with Crippen molar-refractivity contribution in [3.63, 3.8) is 0 Å². The van der Waals surface area contributed by atoms with Gasteiger partial charge in [0.25, 0.3) is 0 Å². The number of nitrogens with one attached hydrogen (secondary N) is 1. The Kier molecular flexibility index (Phi) is 6.43. The second kappa shape index (κ2) is 9.40. The number of phenolic OH excluding ortho intramolecular Hbond substituents is 1. The van der Waals surface area contributed by atoms with Gasteiger partial charge < -0.3 is 15.8 Å². The molecule has 1 heterocycles. The topological polar surface area (TPSA) is 62.0 Å². The maximum atomic E-state index is 9.42. The molecule has 4 aromatic rings. The number of rotatable bonds is 8. The fraction of sp³-hybridized carbons (Fsp3) is 0.286. The van der Waals surface area contributed by atoms with Crippen molar-refractivity contribution < 1.29 is 5.11 Å². The Hall–Kier alpha value is -3.04. The lowest BCUT2D eigenvalue weighted by atomic mass is 9.95. The number of aromatic nitrogens is 1. The number of benzene rings is 3. The summed E-state index contributed by atoms with van der Waals surface area (Å²) in [5.41, 5.74) is 15.4. The van der Waals surface area contributed by atoms with Gasteiger partial charge in [-0.05, 0) is 93.0 Å². The highest BCUT2D eigenvalue weighted by Gasteiger charge is 2.15. The van der Waals surface area contributed by atoms with Crippen LogP contribution in [0.3, 0.4) is 0 Å². The molecule has 31 heavy (non-hydrogen) atoms. The average Bonchev–Trinajstić information content (AvgIpc) is 3.12. The van der Waals surface area contributed by atoms with Gasteiger partial charge in [0.15, 0.2) is 0 Å². The molecule has 0 saturated heterocycles. The lowest BCUT2D eigenvalue weighted by molar-refractivity contribution is 0.475. The number of H-pyrrole nitrogens is 1. The van der Waals surface area contributed by atoms with E-state index in [-0.39, 0.29) is 6.04 Å². The van der Waals surface area contributed by atoms with Gasteiger partial charge in [0.05, 0.1) is 0 Å². The van der Waals surface area contributed by atoms with E-state index in [1.54, 1.807) is 12.1 Å². The van der Waals surface area contributed by atoms with Gasteiger partial charge in [0.2, 0.25) is 0 Å². The van der Waals surface area contributed by atoms with Crippen LogP contribution in [-0.2, 0) is 12.8 Å². The number of nitrogens with two attached hydrogens (primary N) is 1. The highest BCUT2D eigenvalue weighted by atomic mass is 16.3. The third-order valence-electron chi connectivity index (χ3n) is 6.07. The second-order valence-corrected chi connectivity index (χ2v) is 8.76. The molecule has 0 fully saturated rings. The molecule has 160 valence electrons. The predicted molar refractivity (Wildman–Crippen MR) is 131 cm³/mol. The van der Waals surface area contributed by atoms with Crippen molar-refractivity contribution in [3.8, 4) is 17.0 Å². The maximum Gasteiger partial charge on any atom is 0.115 e. The highest BCUT2D eigenvalue weighted by Crippen LogP contribution is 2.32. The van der Waals surface area contributed by atoms with E-state index in [2.05, 4.69) is 61.3 Å². The summed E-state index contributed by atoms with van der Waals surface area (Å²) in [5.74, 6) is 0.318. The van der Waals surface area contributed by atoms with Gasteiger partial charge in [-0.3, -0.25) is 0 Å². The van der Waals surface area contributed by atoms with E-state index in [9.17, 15) is 5.11 Å². The van der Waals surface area contributed by atoms with E-state index in [1.165, 1.54) is 44.4 Å². The summed E-state index contributed by atoms with van der Waals surface area (Å²) in [6.07, 6.45) is 4.99. The molecule has 0 amide bonds. The summed E-state index contributed by atoms with van der Waals surface area (Å²) < 4.78 is 0. The summed E-state index contributed by atoms with van der Waals surface area (Å²) in [4.78, 5) is 3.67. The predicted octanol–water partition coefficient (Wildman–Crippen LogP) is 6.44. The molecule has 4 rings (SSSR count). The van der Waals surface area contributed by atoms with Crippen LogP contribution in [0.2, 0.25) is 0 Å². The largest absolute Gasteiger partial charge is 0.508 e. The van der Waals surface area contributed by atoms with Crippen molar-refractivity contribution in [2.75, 3.05) is 0 Å². The van der Waals surface area contributed by atoms with Crippen LogP contribution >= 0.6 is 0 Å². The molecule has 0 bridgehead atoms. The van der Waals surface area contributed by atoms with Gasteiger partial charge in [-0.15, -0.1) is 0 Å². The summed E-state index contributed by atoms with van der Waals surface area (Å²) in [5, 5.41) is 10.7. The van der Waals surface area contributed by atoms with E-state index >= 15 is 0 Å². The fourth-order valence-electron chi connectivity index (χ4n) is 4.53. The molecule has 1 atom stereocenters. The molecular formula is C28H32N2O. The summed E-state index contributed by atoms with van der Waals surface area (Å²) in [6, 6.07) is 23.0. The number of hydrogen-bond donors (Lipinski definition) is 3. The van der Waals surface area contributed by atoms with Crippen LogP contribution in [0.15, 0.2) is 66.7 Å². The number of fused-ring (bicyclic) bond motifs is 1. The molecule has 3 aromatic carbocycles. The number of aromatic amines is 1. The third kappa shape index (κ3) is 5.18. The molecule has 0 aliphatic rings. The maximum absolute atomic E-state index is 9.42. The van der Waals surface area contributed by atoms with Gasteiger partial charge >= 0.3 is 0 Å². The molecular weight excluding hydrogens is 380 g/mol. The van der Waals surface area contributed by atoms with E-state index in [0.717, 1.165) is 32.1 Å². The van der Waals surface area contributed by atoms with Crippen molar-refractivity contribution in [2.45, 2.75) is 52.0 Å². The SMILES string of the molecule is Cc1cc(C)cc(-c2[nH]c3ccccc3c2CCC(N)CCCc2ccc(O)cc2)c1. The summed E-state index contributed by atoms with van der Waals surface area (Å²) in [6.45, 7) is 4.31. The lowest BCUT2D eigenvalue weighted by Crippen LogP contribution is -2.20. The lowest BCUT2D eigenvalue weighted by Gasteiger charge is -2.13. The molecule has 4 N–H and O–H groups in total. The third-order valence-corrected chi connectivity index (χ3v) is 6.07. The van der Waals surface area contributed by atoms with Gasteiger partial charge in [0.1, 0.15) is 5.75 Å². The first kappa shape index (κ1) is 21.2. The van der Waals surface area contributed by atoms with Crippen LogP contribution in [0.4, 0.5) is 0 Å². The van der Waals surface area contributed by atoms with Gasteiger partial charge in [-0.1, -0.05) is 47.5 Å². The van der Waals surface area contributed by atoms with Crippen LogP contribution < -0.4 is 5.73 Å². The quantitative estimate of drug-likeness (QED) is 0.312. The fourth-order valence-corrected chi connectivity index (χ4v) is 4.53. The molecule has 1 unspecified atom stereocenters. The number of aromatic hydroxyl groups is 1. The Balaban J connectivity index is 1.46. The Labute approximate surface area is 184 Å². The molecule has 0 radical (unpaired) electrons. The molecule has 1 aromatic heterocycles.